The minimum Gasteiger partial charge on any atom is -0.347 e. The largest absolute Gasteiger partial charge is 0.347 e. The van der Waals surface area contributed by atoms with Crippen LogP contribution in [0.15, 0.2) is 42.7 Å². The van der Waals surface area contributed by atoms with Crippen molar-refractivity contribution in [3.8, 4) is 0 Å². The second-order valence-corrected chi connectivity index (χ2v) is 5.40. The van der Waals surface area contributed by atoms with E-state index in [9.17, 15) is 9.18 Å². The topological polar surface area (TPSA) is 34.9 Å². The Bertz CT molecular complexity index is 834. The van der Waals surface area contributed by atoms with Gasteiger partial charge >= 0.3 is 0 Å². The highest BCUT2D eigenvalue weighted by Gasteiger charge is 2.15. The molecule has 0 unspecified atom stereocenters. The summed E-state index contributed by atoms with van der Waals surface area (Å²) in [6, 6.07) is 8.37. The van der Waals surface area contributed by atoms with Crippen LogP contribution in [0.5, 0.6) is 0 Å². The molecule has 22 heavy (non-hydrogen) atoms. The predicted octanol–water partition coefficient (Wildman–Crippen LogP) is 3.93. The molecule has 3 nitrogen and oxygen atoms in total. The molecule has 3 rings (SSSR count). The van der Waals surface area contributed by atoms with Gasteiger partial charge in [-0.1, -0.05) is 6.07 Å². The maximum atomic E-state index is 13.5. The third kappa shape index (κ3) is 2.64. The molecule has 2 aromatic heterocycles. The van der Waals surface area contributed by atoms with E-state index in [1.165, 1.54) is 12.1 Å². The van der Waals surface area contributed by atoms with Crippen molar-refractivity contribution >= 4 is 16.7 Å². The molecule has 0 amide bonds. The van der Waals surface area contributed by atoms with E-state index in [1.807, 2.05) is 36.7 Å². The lowest BCUT2D eigenvalue weighted by atomic mass is 10.0. The SMILES string of the molecule is CCn1cc(C(=O)Cc2ccc(C)nc2)c2cc(F)ccc21. The maximum Gasteiger partial charge on any atom is 0.169 e. The van der Waals surface area contributed by atoms with E-state index in [-0.39, 0.29) is 18.0 Å². The smallest absolute Gasteiger partial charge is 0.169 e. The minimum absolute atomic E-state index is 0.0200. The van der Waals surface area contributed by atoms with Gasteiger partial charge in [-0.2, -0.15) is 0 Å². The number of Topliss-reactive ketones (excluding diaryl/α,β-unsaturated/α-hetero) is 1. The lowest BCUT2D eigenvalue weighted by Gasteiger charge is -2.01. The van der Waals surface area contributed by atoms with Crippen LogP contribution in [0.3, 0.4) is 0 Å². The second kappa shape index (κ2) is 5.72. The first-order valence-corrected chi connectivity index (χ1v) is 7.31. The lowest BCUT2D eigenvalue weighted by molar-refractivity contribution is 0.0994. The number of rotatable bonds is 4. The fraction of sp³-hybridized carbons (Fsp3) is 0.222. The van der Waals surface area contributed by atoms with Crippen molar-refractivity contribution in [2.45, 2.75) is 26.8 Å². The first kappa shape index (κ1) is 14.4. The molecule has 1 aromatic carbocycles. The van der Waals surface area contributed by atoms with Crippen molar-refractivity contribution in [3.05, 3.63) is 65.4 Å². The second-order valence-electron chi connectivity index (χ2n) is 5.40. The molecule has 0 saturated heterocycles. The van der Waals surface area contributed by atoms with Crippen LogP contribution in [0.2, 0.25) is 0 Å². The normalized spacial score (nSPS) is 11.0. The van der Waals surface area contributed by atoms with E-state index in [2.05, 4.69) is 4.98 Å². The van der Waals surface area contributed by atoms with Crippen LogP contribution >= 0.6 is 0 Å². The molecule has 112 valence electrons. The van der Waals surface area contributed by atoms with E-state index in [1.54, 1.807) is 12.3 Å². The van der Waals surface area contributed by atoms with Crippen LogP contribution in [0.25, 0.3) is 10.9 Å². The molecule has 0 fully saturated rings. The summed E-state index contributed by atoms with van der Waals surface area (Å²) in [5.74, 6) is -0.346. The van der Waals surface area contributed by atoms with Crippen LogP contribution in [-0.2, 0) is 13.0 Å². The molecule has 0 radical (unpaired) electrons. The molecule has 0 N–H and O–H groups in total. The van der Waals surface area contributed by atoms with Gasteiger partial charge in [0.1, 0.15) is 5.82 Å². The number of carbonyl (C=O) groups is 1. The molecule has 0 atom stereocenters. The Kier molecular flexibility index (Phi) is 3.75. The van der Waals surface area contributed by atoms with E-state index in [0.29, 0.717) is 10.9 Å². The Balaban J connectivity index is 1.99. The molecule has 0 bridgehead atoms. The van der Waals surface area contributed by atoms with Gasteiger partial charge in [0.2, 0.25) is 0 Å². The van der Waals surface area contributed by atoms with Gasteiger partial charge in [0.15, 0.2) is 5.78 Å². The van der Waals surface area contributed by atoms with Gasteiger partial charge in [0.05, 0.1) is 0 Å². The van der Waals surface area contributed by atoms with Gasteiger partial charge in [-0.25, -0.2) is 4.39 Å². The summed E-state index contributed by atoms with van der Waals surface area (Å²) in [5, 5.41) is 0.673. The Morgan fingerprint density at radius 1 is 1.27 bits per heavy atom. The van der Waals surface area contributed by atoms with Crippen LogP contribution in [-0.4, -0.2) is 15.3 Å². The zero-order valence-electron chi connectivity index (χ0n) is 12.6. The van der Waals surface area contributed by atoms with E-state index in [0.717, 1.165) is 23.3 Å². The van der Waals surface area contributed by atoms with Crippen molar-refractivity contribution in [2.24, 2.45) is 0 Å². The third-order valence-electron chi connectivity index (χ3n) is 3.82. The molecular formula is C18H17FN2O. The standard InChI is InChI=1S/C18H17FN2O/c1-3-21-11-16(15-9-14(19)6-7-17(15)21)18(22)8-13-5-4-12(2)20-10-13/h4-7,9-11H,3,8H2,1-2H3. The average Bonchev–Trinajstić information content (AvgIpc) is 2.87. The monoisotopic (exact) mass is 296 g/mol. The summed E-state index contributed by atoms with van der Waals surface area (Å²) in [6.45, 7) is 4.64. The van der Waals surface area contributed by atoms with Crippen molar-refractivity contribution < 1.29 is 9.18 Å². The van der Waals surface area contributed by atoms with Gasteiger partial charge in [-0.3, -0.25) is 9.78 Å². The van der Waals surface area contributed by atoms with Gasteiger partial charge in [0, 0.05) is 47.5 Å². The Morgan fingerprint density at radius 3 is 2.77 bits per heavy atom. The molecule has 3 aromatic rings. The van der Waals surface area contributed by atoms with Gasteiger partial charge < -0.3 is 4.57 Å². The van der Waals surface area contributed by atoms with Crippen molar-refractivity contribution in [1.29, 1.82) is 0 Å². The third-order valence-corrected chi connectivity index (χ3v) is 3.82. The quantitative estimate of drug-likeness (QED) is 0.684. The summed E-state index contributed by atoms with van der Waals surface area (Å²) in [7, 11) is 0. The number of hydrogen-bond acceptors (Lipinski definition) is 2. The highest BCUT2D eigenvalue weighted by atomic mass is 19.1. The van der Waals surface area contributed by atoms with Gasteiger partial charge in [-0.15, -0.1) is 0 Å². The number of benzene rings is 1. The number of fused-ring (bicyclic) bond motifs is 1. The maximum absolute atomic E-state index is 13.5. The number of pyridine rings is 1. The van der Waals surface area contributed by atoms with E-state index < -0.39 is 0 Å². The molecule has 0 aliphatic rings. The number of carbonyl (C=O) groups excluding carboxylic acids is 1. The van der Waals surface area contributed by atoms with E-state index >= 15 is 0 Å². The predicted molar refractivity (Wildman–Crippen MR) is 84.6 cm³/mol. The highest BCUT2D eigenvalue weighted by Crippen LogP contribution is 2.24. The first-order chi connectivity index (χ1) is 10.6. The van der Waals surface area contributed by atoms with Crippen molar-refractivity contribution in [1.82, 2.24) is 9.55 Å². The summed E-state index contributed by atoms with van der Waals surface area (Å²) in [6.07, 6.45) is 3.80. The summed E-state index contributed by atoms with van der Waals surface area (Å²) in [4.78, 5) is 16.8. The Morgan fingerprint density at radius 2 is 2.09 bits per heavy atom. The fourth-order valence-corrected chi connectivity index (χ4v) is 2.64. The average molecular weight is 296 g/mol. The molecule has 0 saturated carbocycles. The minimum atomic E-state index is -0.326. The number of halogens is 1. The zero-order valence-corrected chi connectivity index (χ0v) is 12.6. The Hall–Kier alpha value is -2.49. The number of aromatic nitrogens is 2. The molecule has 4 heteroatoms. The lowest BCUT2D eigenvalue weighted by Crippen LogP contribution is -2.03. The number of ketones is 1. The van der Waals surface area contributed by atoms with Crippen molar-refractivity contribution in [3.63, 3.8) is 0 Å². The molecule has 2 heterocycles. The van der Waals surface area contributed by atoms with Crippen LogP contribution in [0, 0.1) is 12.7 Å². The Labute approximate surface area is 128 Å². The summed E-state index contributed by atoms with van der Waals surface area (Å²) in [5.41, 5.74) is 3.23. The zero-order chi connectivity index (χ0) is 15.7. The molecule has 0 spiro atoms. The van der Waals surface area contributed by atoms with E-state index in [4.69, 9.17) is 0 Å². The summed E-state index contributed by atoms with van der Waals surface area (Å²) < 4.78 is 15.5. The molecule has 0 aliphatic carbocycles. The number of aryl methyl sites for hydroxylation is 2. The van der Waals surface area contributed by atoms with Gasteiger partial charge in [-0.05, 0) is 43.7 Å². The summed E-state index contributed by atoms with van der Waals surface area (Å²) >= 11 is 0. The van der Waals surface area contributed by atoms with Crippen molar-refractivity contribution in [2.75, 3.05) is 0 Å². The van der Waals surface area contributed by atoms with Crippen LogP contribution in [0.4, 0.5) is 4.39 Å². The highest BCUT2D eigenvalue weighted by molar-refractivity contribution is 6.08. The fourth-order valence-electron chi connectivity index (χ4n) is 2.64. The van der Waals surface area contributed by atoms with Crippen LogP contribution in [0.1, 0.15) is 28.5 Å². The molecular weight excluding hydrogens is 279 g/mol. The molecule has 0 aliphatic heterocycles. The van der Waals surface area contributed by atoms with Gasteiger partial charge in [0.25, 0.3) is 0 Å². The number of nitrogens with zero attached hydrogens (tertiary/aromatic N) is 2. The first-order valence-electron chi connectivity index (χ1n) is 7.31. The van der Waals surface area contributed by atoms with Crippen LogP contribution < -0.4 is 0 Å². The number of hydrogen-bond donors (Lipinski definition) is 0.